The second kappa shape index (κ2) is 7.56. The predicted octanol–water partition coefficient (Wildman–Crippen LogP) is 2.68. The molecule has 10 heteroatoms. The van der Waals surface area contributed by atoms with Crippen molar-refractivity contribution in [1.29, 1.82) is 0 Å². The smallest absolute Gasteiger partial charge is 0.293 e. The van der Waals surface area contributed by atoms with Crippen LogP contribution in [-0.4, -0.2) is 59.7 Å². The molecule has 3 aromatic rings. The monoisotopic (exact) mass is 436 g/mol. The van der Waals surface area contributed by atoms with Crippen molar-refractivity contribution in [2.24, 2.45) is 10.2 Å². The van der Waals surface area contributed by atoms with Crippen LogP contribution in [-0.2, 0) is 16.6 Å². The number of rotatable bonds is 4. The van der Waals surface area contributed by atoms with Crippen LogP contribution in [0.25, 0.3) is 10.9 Å². The number of piperazine rings is 1. The van der Waals surface area contributed by atoms with Crippen molar-refractivity contribution in [3.63, 3.8) is 0 Å². The highest BCUT2D eigenvalue weighted by Gasteiger charge is 2.29. The molecule has 0 saturated carbocycles. The molecular weight excluding hydrogens is 416 g/mol. The van der Waals surface area contributed by atoms with Gasteiger partial charge in [0.25, 0.3) is 5.91 Å². The molecule has 9 nitrogen and oxygen atoms in total. The minimum absolute atomic E-state index is 0.319. The van der Waals surface area contributed by atoms with E-state index in [2.05, 4.69) is 25.1 Å². The number of amides is 1. The third-order valence-corrected chi connectivity index (χ3v) is 7.48. The first-order valence-corrected chi connectivity index (χ1v) is 11.4. The maximum atomic E-state index is 12.9. The summed E-state index contributed by atoms with van der Waals surface area (Å²) >= 11 is 0. The van der Waals surface area contributed by atoms with E-state index in [1.807, 2.05) is 25.1 Å². The van der Waals surface area contributed by atoms with E-state index in [-0.39, 0.29) is 5.91 Å². The number of sulfonamides is 1. The minimum atomic E-state index is -3.50. The summed E-state index contributed by atoms with van der Waals surface area (Å²) in [5.74, 6) is 0.582. The Morgan fingerprint density at radius 1 is 0.935 bits per heavy atom. The summed E-state index contributed by atoms with van der Waals surface area (Å²) < 4.78 is 27.3. The van der Waals surface area contributed by atoms with Gasteiger partial charge in [0.15, 0.2) is 5.82 Å². The van der Waals surface area contributed by atoms with Gasteiger partial charge in [-0.2, -0.15) is 4.31 Å². The normalized spacial score (nSPS) is 17.4. The molecule has 1 saturated heterocycles. The van der Waals surface area contributed by atoms with Crippen LogP contribution in [0.2, 0.25) is 0 Å². The van der Waals surface area contributed by atoms with E-state index in [1.165, 1.54) is 4.31 Å². The van der Waals surface area contributed by atoms with Crippen molar-refractivity contribution in [2.45, 2.75) is 18.4 Å². The number of nitrogens with zero attached hydrogens (tertiary/aromatic N) is 6. The highest BCUT2D eigenvalue weighted by atomic mass is 32.2. The number of hydrogen-bond donors (Lipinski definition) is 0. The zero-order valence-corrected chi connectivity index (χ0v) is 17.7. The van der Waals surface area contributed by atoms with Crippen LogP contribution in [0.15, 0.2) is 57.6 Å². The first-order chi connectivity index (χ1) is 14.9. The van der Waals surface area contributed by atoms with Gasteiger partial charge in [0.1, 0.15) is 5.82 Å². The number of benzene rings is 2. The zero-order valence-electron chi connectivity index (χ0n) is 16.9. The Kier molecular flexibility index (Phi) is 4.84. The lowest BCUT2D eigenvalue weighted by atomic mass is 10.1. The van der Waals surface area contributed by atoms with Crippen LogP contribution < -0.4 is 0 Å². The van der Waals surface area contributed by atoms with Crippen LogP contribution in [0.3, 0.4) is 0 Å². The molecule has 158 valence electrons. The van der Waals surface area contributed by atoms with Gasteiger partial charge in [-0.15, -0.1) is 10.2 Å². The van der Waals surface area contributed by atoms with Gasteiger partial charge in [-0.1, -0.05) is 23.8 Å². The molecule has 1 fully saturated rings. The molecule has 5 rings (SSSR count). The molecule has 0 bridgehead atoms. The number of carbonyl (C=O) groups is 1. The number of hydrogen-bond acceptors (Lipinski definition) is 7. The molecule has 2 aliphatic heterocycles. The van der Waals surface area contributed by atoms with E-state index < -0.39 is 10.0 Å². The van der Waals surface area contributed by atoms with E-state index >= 15 is 0 Å². The van der Waals surface area contributed by atoms with E-state index in [9.17, 15) is 13.2 Å². The Morgan fingerprint density at radius 3 is 2.42 bits per heavy atom. The summed E-state index contributed by atoms with van der Waals surface area (Å²) in [5, 5.41) is 8.24. The molecule has 1 amide bonds. The number of azo groups is 1. The Morgan fingerprint density at radius 2 is 1.68 bits per heavy atom. The van der Waals surface area contributed by atoms with Crippen molar-refractivity contribution in [3.8, 4) is 0 Å². The van der Waals surface area contributed by atoms with Crippen molar-refractivity contribution in [2.75, 3.05) is 26.2 Å². The molecule has 2 aliphatic rings. The number of aryl methyl sites for hydroxylation is 1. The summed E-state index contributed by atoms with van der Waals surface area (Å²) in [6.45, 7) is 4.33. The third kappa shape index (κ3) is 3.62. The average Bonchev–Trinajstić information content (AvgIpc) is 2.77. The first-order valence-electron chi connectivity index (χ1n) is 9.97. The highest BCUT2D eigenvalue weighted by molar-refractivity contribution is 7.89. The average molecular weight is 436 g/mol. The predicted molar refractivity (Wildman–Crippen MR) is 114 cm³/mol. The molecule has 1 aromatic heterocycles. The van der Waals surface area contributed by atoms with Gasteiger partial charge in [-0.25, -0.2) is 18.4 Å². The second-order valence-electron chi connectivity index (χ2n) is 7.66. The quantitative estimate of drug-likeness (QED) is 0.622. The minimum Gasteiger partial charge on any atom is -0.293 e. The fourth-order valence-electron chi connectivity index (χ4n) is 3.87. The second-order valence-corrected chi connectivity index (χ2v) is 9.60. The molecule has 3 heterocycles. The lowest BCUT2D eigenvalue weighted by molar-refractivity contribution is 0.0995. The van der Waals surface area contributed by atoms with Gasteiger partial charge in [0, 0.05) is 26.2 Å². The van der Waals surface area contributed by atoms with Crippen LogP contribution >= 0.6 is 0 Å². The van der Waals surface area contributed by atoms with E-state index in [1.54, 1.807) is 24.3 Å². The van der Waals surface area contributed by atoms with Crippen molar-refractivity contribution >= 4 is 32.7 Å². The van der Waals surface area contributed by atoms with Gasteiger partial charge in [0.05, 0.1) is 27.9 Å². The van der Waals surface area contributed by atoms with Gasteiger partial charge in [-0.3, -0.25) is 9.69 Å². The topological polar surface area (TPSA) is 108 Å². The lowest BCUT2D eigenvalue weighted by Gasteiger charge is -2.33. The maximum Gasteiger partial charge on any atom is 0.296 e. The molecule has 0 aliphatic carbocycles. The standard InChI is InChI=1S/C21H20N6O3S/c1-14-5-7-15(8-6-14)31(29,30)27-11-9-26(10-12-27)13-18-22-17-4-2-3-16-19(17)20(23-18)24-25-21(16)28/h2-8H,9-13H2,1H3. The summed E-state index contributed by atoms with van der Waals surface area (Å²) in [7, 11) is -3.50. The van der Waals surface area contributed by atoms with Crippen molar-refractivity contribution < 1.29 is 13.2 Å². The molecule has 0 unspecified atom stereocenters. The largest absolute Gasteiger partial charge is 0.296 e. The fourth-order valence-corrected chi connectivity index (χ4v) is 5.29. The first kappa shape index (κ1) is 19.9. The molecule has 0 radical (unpaired) electrons. The zero-order chi connectivity index (χ0) is 21.6. The fraction of sp³-hybridized carbons (Fsp3) is 0.286. The van der Waals surface area contributed by atoms with Crippen molar-refractivity contribution in [3.05, 3.63) is 59.4 Å². The van der Waals surface area contributed by atoms with Crippen LogP contribution in [0.1, 0.15) is 21.7 Å². The molecule has 2 aromatic carbocycles. The van der Waals surface area contributed by atoms with Gasteiger partial charge in [-0.05, 0) is 31.2 Å². The van der Waals surface area contributed by atoms with Gasteiger partial charge < -0.3 is 0 Å². The van der Waals surface area contributed by atoms with Crippen LogP contribution in [0.5, 0.6) is 0 Å². The molecule has 0 N–H and O–H groups in total. The Labute approximate surface area is 179 Å². The maximum absolute atomic E-state index is 12.9. The van der Waals surface area contributed by atoms with E-state index in [0.717, 1.165) is 5.56 Å². The molecule has 31 heavy (non-hydrogen) atoms. The highest BCUT2D eigenvalue weighted by Crippen LogP contribution is 2.31. The third-order valence-electron chi connectivity index (χ3n) is 5.57. The summed E-state index contributed by atoms with van der Waals surface area (Å²) in [4.78, 5) is 23.4. The van der Waals surface area contributed by atoms with Crippen LogP contribution in [0.4, 0.5) is 5.82 Å². The van der Waals surface area contributed by atoms with Crippen LogP contribution in [0, 0.1) is 6.92 Å². The Balaban J connectivity index is 1.31. The molecule has 0 atom stereocenters. The SMILES string of the molecule is Cc1ccc(S(=O)(=O)N2CCN(Cc3nc4c5c(cccc5n3)C(=O)N=N4)CC2)cc1. The molecule has 0 spiro atoms. The summed E-state index contributed by atoms with van der Waals surface area (Å²) in [5.41, 5.74) is 2.14. The number of carbonyl (C=O) groups excluding carboxylic acids is 1. The lowest BCUT2D eigenvalue weighted by Crippen LogP contribution is -2.48. The van der Waals surface area contributed by atoms with Crippen molar-refractivity contribution in [1.82, 2.24) is 19.2 Å². The summed E-state index contributed by atoms with van der Waals surface area (Å²) in [6, 6.07) is 12.2. The van der Waals surface area contributed by atoms with E-state index in [4.69, 9.17) is 0 Å². The van der Waals surface area contributed by atoms with E-state index in [0.29, 0.717) is 65.7 Å². The molecular formula is C21H20N6O3S. The number of aromatic nitrogens is 2. The van der Waals surface area contributed by atoms with Gasteiger partial charge in [0.2, 0.25) is 10.0 Å². The Bertz CT molecular complexity index is 1310. The summed E-state index contributed by atoms with van der Waals surface area (Å²) in [6.07, 6.45) is 0. The van der Waals surface area contributed by atoms with Gasteiger partial charge >= 0.3 is 0 Å². The Hall–Kier alpha value is -3.08.